The van der Waals surface area contributed by atoms with Gasteiger partial charge in [0.2, 0.25) is 5.82 Å². The maximum absolute atomic E-state index is 6.20. The summed E-state index contributed by atoms with van der Waals surface area (Å²) in [6, 6.07) is 11.4. The first kappa shape index (κ1) is 13.9. The van der Waals surface area contributed by atoms with Gasteiger partial charge in [0.05, 0.1) is 7.11 Å². The van der Waals surface area contributed by atoms with Crippen molar-refractivity contribution in [3.05, 3.63) is 52.5 Å². The quantitative estimate of drug-likeness (QED) is 0.708. The number of halogens is 1. The van der Waals surface area contributed by atoms with Gasteiger partial charge in [-0.3, -0.25) is 0 Å². The normalized spacial score (nSPS) is 11.6. The molecule has 0 radical (unpaired) electrons. The van der Waals surface area contributed by atoms with E-state index in [0.717, 1.165) is 16.2 Å². The van der Waals surface area contributed by atoms with Gasteiger partial charge in [0, 0.05) is 10.4 Å². The van der Waals surface area contributed by atoms with Crippen molar-refractivity contribution in [1.82, 2.24) is 10.1 Å². The fourth-order valence-corrected chi connectivity index (χ4v) is 2.68. The van der Waals surface area contributed by atoms with E-state index in [-0.39, 0.29) is 0 Å². The number of hydrogen-bond donors (Lipinski definition) is 0. The van der Waals surface area contributed by atoms with Crippen LogP contribution in [0.25, 0.3) is 22.5 Å². The van der Waals surface area contributed by atoms with Crippen molar-refractivity contribution in [2.45, 2.75) is 0 Å². The first-order chi connectivity index (χ1) is 10.3. The van der Waals surface area contributed by atoms with Crippen molar-refractivity contribution in [3.8, 4) is 17.1 Å². The van der Waals surface area contributed by atoms with Crippen molar-refractivity contribution in [2.24, 2.45) is 0 Å². The summed E-state index contributed by atoms with van der Waals surface area (Å²) < 4.78 is 10.4. The monoisotopic (exact) mass is 318 g/mol. The Morgan fingerprint density at radius 2 is 2.24 bits per heavy atom. The second-order valence-corrected chi connectivity index (χ2v) is 5.55. The molecule has 0 aliphatic rings. The molecule has 3 rings (SSSR count). The largest absolute Gasteiger partial charge is 0.497 e. The molecule has 6 heteroatoms. The van der Waals surface area contributed by atoms with E-state index in [1.807, 2.05) is 41.8 Å². The molecule has 4 nitrogen and oxygen atoms in total. The molecule has 0 spiro atoms. The standard InChI is InChI=1S/C15H11ClN2O2S/c1-19-11-5-2-4-10(8-11)14-17-15(20-18-14)13(16)9-12-6-3-7-21-12/h2-9H,1H3/b13-9-. The lowest BCUT2D eigenvalue weighted by atomic mass is 10.2. The Kier molecular flexibility index (Phi) is 4.03. The molecule has 0 aliphatic heterocycles. The van der Waals surface area contributed by atoms with Crippen LogP contribution in [0.2, 0.25) is 0 Å². The summed E-state index contributed by atoms with van der Waals surface area (Å²) in [5, 5.41) is 6.34. The topological polar surface area (TPSA) is 48.2 Å². The van der Waals surface area contributed by atoms with E-state index in [1.165, 1.54) is 0 Å². The van der Waals surface area contributed by atoms with Crippen LogP contribution in [0, 0.1) is 0 Å². The van der Waals surface area contributed by atoms with Gasteiger partial charge in [-0.15, -0.1) is 11.3 Å². The van der Waals surface area contributed by atoms with Crippen LogP contribution in [-0.2, 0) is 0 Å². The molecular formula is C15H11ClN2O2S. The SMILES string of the molecule is COc1cccc(-c2noc(/C(Cl)=C/c3cccs3)n2)c1. The van der Waals surface area contributed by atoms with E-state index < -0.39 is 0 Å². The van der Waals surface area contributed by atoms with Crippen LogP contribution in [0.4, 0.5) is 0 Å². The average Bonchev–Trinajstić information content (AvgIpc) is 3.18. The first-order valence-corrected chi connectivity index (χ1v) is 7.41. The van der Waals surface area contributed by atoms with E-state index in [2.05, 4.69) is 10.1 Å². The molecule has 0 unspecified atom stereocenters. The minimum absolute atomic E-state index is 0.294. The fourth-order valence-electron chi connectivity index (χ4n) is 1.76. The maximum atomic E-state index is 6.20. The van der Waals surface area contributed by atoms with Gasteiger partial charge in [0.25, 0.3) is 5.89 Å². The second-order valence-electron chi connectivity index (χ2n) is 4.16. The van der Waals surface area contributed by atoms with Gasteiger partial charge < -0.3 is 9.26 Å². The van der Waals surface area contributed by atoms with Crippen molar-refractivity contribution in [2.75, 3.05) is 7.11 Å². The third kappa shape index (κ3) is 3.15. The Morgan fingerprint density at radius 1 is 1.33 bits per heavy atom. The molecule has 3 aromatic rings. The number of aromatic nitrogens is 2. The Hall–Kier alpha value is -2.11. The Balaban J connectivity index is 1.89. The molecule has 0 N–H and O–H groups in total. The molecule has 0 saturated carbocycles. The first-order valence-electron chi connectivity index (χ1n) is 6.15. The smallest absolute Gasteiger partial charge is 0.269 e. The molecule has 0 bridgehead atoms. The molecule has 1 aromatic carbocycles. The van der Waals surface area contributed by atoms with Gasteiger partial charge in [0.15, 0.2) is 0 Å². The highest BCUT2D eigenvalue weighted by atomic mass is 35.5. The van der Waals surface area contributed by atoms with Crippen molar-refractivity contribution >= 4 is 34.0 Å². The van der Waals surface area contributed by atoms with Gasteiger partial charge >= 0.3 is 0 Å². The van der Waals surface area contributed by atoms with E-state index >= 15 is 0 Å². The number of nitrogens with zero attached hydrogens (tertiary/aromatic N) is 2. The van der Waals surface area contributed by atoms with Crippen LogP contribution in [0.5, 0.6) is 5.75 Å². The van der Waals surface area contributed by atoms with Crippen LogP contribution in [0.1, 0.15) is 10.8 Å². The van der Waals surface area contributed by atoms with E-state index in [4.69, 9.17) is 20.9 Å². The zero-order chi connectivity index (χ0) is 14.7. The highest BCUT2D eigenvalue weighted by Crippen LogP contribution is 2.26. The Labute approximate surface area is 130 Å². The molecule has 0 amide bonds. The summed E-state index contributed by atoms with van der Waals surface area (Å²) >= 11 is 7.79. The van der Waals surface area contributed by atoms with Crippen LogP contribution in [0.3, 0.4) is 0 Å². The third-order valence-corrected chi connectivity index (χ3v) is 3.86. The van der Waals surface area contributed by atoms with Crippen molar-refractivity contribution < 1.29 is 9.26 Å². The van der Waals surface area contributed by atoms with Gasteiger partial charge in [-0.05, 0) is 29.7 Å². The summed E-state index contributed by atoms with van der Waals surface area (Å²) in [5.74, 6) is 1.50. The lowest BCUT2D eigenvalue weighted by Gasteiger charge is -1.99. The number of hydrogen-bond acceptors (Lipinski definition) is 5. The average molecular weight is 319 g/mol. The highest BCUT2D eigenvalue weighted by Gasteiger charge is 2.12. The molecule has 2 heterocycles. The lowest BCUT2D eigenvalue weighted by Crippen LogP contribution is -1.85. The summed E-state index contributed by atoms with van der Waals surface area (Å²) in [4.78, 5) is 5.34. The van der Waals surface area contributed by atoms with E-state index in [1.54, 1.807) is 24.5 Å². The molecule has 0 aliphatic carbocycles. The van der Waals surface area contributed by atoms with Crippen molar-refractivity contribution in [1.29, 1.82) is 0 Å². The second kappa shape index (κ2) is 6.11. The zero-order valence-corrected chi connectivity index (χ0v) is 12.7. The molecule has 21 heavy (non-hydrogen) atoms. The predicted molar refractivity (Wildman–Crippen MR) is 84.3 cm³/mol. The van der Waals surface area contributed by atoms with Gasteiger partial charge in [-0.2, -0.15) is 4.98 Å². The molecule has 106 valence electrons. The highest BCUT2D eigenvalue weighted by molar-refractivity contribution is 7.11. The molecule has 0 fully saturated rings. The van der Waals surface area contributed by atoms with Gasteiger partial charge in [-0.25, -0.2) is 0 Å². The molecular weight excluding hydrogens is 308 g/mol. The van der Waals surface area contributed by atoms with E-state index in [0.29, 0.717) is 16.7 Å². The van der Waals surface area contributed by atoms with Crippen LogP contribution in [0.15, 0.2) is 46.3 Å². The predicted octanol–water partition coefficient (Wildman–Crippen LogP) is 4.54. The summed E-state index contributed by atoms with van der Waals surface area (Å²) in [6.07, 6.45) is 1.80. The number of methoxy groups -OCH3 is 1. The van der Waals surface area contributed by atoms with E-state index in [9.17, 15) is 0 Å². The summed E-state index contributed by atoms with van der Waals surface area (Å²) in [7, 11) is 1.61. The lowest BCUT2D eigenvalue weighted by molar-refractivity contribution is 0.409. The van der Waals surface area contributed by atoms with Gasteiger partial charge in [-0.1, -0.05) is 35.0 Å². The van der Waals surface area contributed by atoms with Gasteiger partial charge in [0.1, 0.15) is 10.8 Å². The number of rotatable bonds is 4. The molecule has 0 atom stereocenters. The minimum atomic E-state index is 0.294. The van der Waals surface area contributed by atoms with Crippen LogP contribution >= 0.6 is 22.9 Å². The zero-order valence-electron chi connectivity index (χ0n) is 11.1. The van der Waals surface area contributed by atoms with Crippen LogP contribution < -0.4 is 4.74 Å². The number of ether oxygens (including phenoxy) is 1. The minimum Gasteiger partial charge on any atom is -0.497 e. The fraction of sp³-hybridized carbons (Fsp3) is 0.0667. The number of thiophene rings is 1. The Morgan fingerprint density at radius 3 is 3.00 bits per heavy atom. The summed E-state index contributed by atoms with van der Waals surface area (Å²) in [6.45, 7) is 0. The molecule has 0 saturated heterocycles. The maximum Gasteiger partial charge on any atom is 0.269 e. The molecule has 2 aromatic heterocycles. The Bertz CT molecular complexity index is 766. The van der Waals surface area contributed by atoms with Crippen LogP contribution in [-0.4, -0.2) is 17.3 Å². The summed E-state index contributed by atoms with van der Waals surface area (Å²) in [5.41, 5.74) is 0.810. The van der Waals surface area contributed by atoms with Crippen molar-refractivity contribution in [3.63, 3.8) is 0 Å². The number of benzene rings is 1. The third-order valence-electron chi connectivity index (χ3n) is 2.77.